The largest absolute Gasteiger partial charge is 0.497 e. The summed E-state index contributed by atoms with van der Waals surface area (Å²) in [6, 6.07) is 10.1. The molecule has 26 heavy (non-hydrogen) atoms. The number of carbonyl (C=O) groups is 1. The van der Waals surface area contributed by atoms with Crippen molar-refractivity contribution in [3.63, 3.8) is 0 Å². The highest BCUT2D eigenvalue weighted by molar-refractivity contribution is 7.99. The highest BCUT2D eigenvalue weighted by atomic mass is 32.2. The summed E-state index contributed by atoms with van der Waals surface area (Å²) in [4.78, 5) is 22.0. The third-order valence-corrected chi connectivity index (χ3v) is 6.24. The Bertz CT molecular complexity index is 792. The van der Waals surface area contributed by atoms with E-state index in [1.807, 2.05) is 30.0 Å². The summed E-state index contributed by atoms with van der Waals surface area (Å²) in [5, 5.41) is 1.07. The second-order valence-electron chi connectivity index (χ2n) is 6.95. The minimum absolute atomic E-state index is 0.0974. The Kier molecular flexibility index (Phi) is 5.20. The first-order valence-electron chi connectivity index (χ1n) is 9.31. The molecular weight excluding hydrogens is 346 g/mol. The molecule has 1 atom stereocenters. The van der Waals surface area contributed by atoms with Crippen molar-refractivity contribution in [3.8, 4) is 5.75 Å². The third kappa shape index (κ3) is 3.61. The van der Waals surface area contributed by atoms with Gasteiger partial charge in [0.1, 0.15) is 11.6 Å². The molecule has 2 aromatic rings. The molecular formula is C20H25N3O2S. The van der Waals surface area contributed by atoms with Gasteiger partial charge in [-0.1, -0.05) is 0 Å². The highest BCUT2D eigenvalue weighted by Crippen LogP contribution is 2.27. The van der Waals surface area contributed by atoms with Gasteiger partial charge in [-0.2, -0.15) is 11.8 Å². The molecule has 0 bridgehead atoms. The lowest BCUT2D eigenvalue weighted by Crippen LogP contribution is -2.47. The van der Waals surface area contributed by atoms with Gasteiger partial charge in [-0.3, -0.25) is 4.79 Å². The smallest absolute Gasteiger partial charge is 0.227 e. The predicted octanol–water partition coefficient (Wildman–Crippen LogP) is 3.04. The quantitative estimate of drug-likeness (QED) is 0.830. The van der Waals surface area contributed by atoms with Gasteiger partial charge < -0.3 is 14.5 Å². The Balaban J connectivity index is 1.50. The van der Waals surface area contributed by atoms with E-state index >= 15 is 0 Å². The number of pyridine rings is 1. The molecule has 138 valence electrons. The van der Waals surface area contributed by atoms with E-state index in [0.29, 0.717) is 5.91 Å². The number of carbonyl (C=O) groups excluding carboxylic acids is 1. The second-order valence-corrected chi connectivity index (χ2v) is 8.18. The minimum Gasteiger partial charge on any atom is -0.497 e. The van der Waals surface area contributed by atoms with Crippen LogP contribution in [0.3, 0.4) is 0 Å². The average Bonchev–Trinajstić information content (AvgIpc) is 2.73. The van der Waals surface area contributed by atoms with Gasteiger partial charge >= 0.3 is 0 Å². The van der Waals surface area contributed by atoms with E-state index in [0.717, 1.165) is 73.0 Å². The summed E-state index contributed by atoms with van der Waals surface area (Å²) in [5.41, 5.74) is 0.963. The van der Waals surface area contributed by atoms with Gasteiger partial charge in [0.15, 0.2) is 0 Å². The number of piperidine rings is 1. The van der Waals surface area contributed by atoms with E-state index in [4.69, 9.17) is 9.72 Å². The number of methoxy groups -OCH3 is 1. The van der Waals surface area contributed by atoms with Crippen molar-refractivity contribution < 1.29 is 9.53 Å². The van der Waals surface area contributed by atoms with Crippen LogP contribution in [0.25, 0.3) is 10.9 Å². The standard InChI is InChI=1S/C20H25N3O2S/c1-25-17-5-6-18-15(13-17)4-7-19(21-18)23-8-2-3-16(14-23)20(24)22-9-11-26-12-10-22/h4-7,13,16H,2-3,8-12,14H2,1H3. The van der Waals surface area contributed by atoms with Crippen molar-refractivity contribution >= 4 is 34.4 Å². The number of thioether (sulfide) groups is 1. The number of amides is 1. The lowest BCUT2D eigenvalue weighted by Gasteiger charge is -2.36. The van der Waals surface area contributed by atoms with E-state index in [1.54, 1.807) is 7.11 Å². The number of hydrogen-bond acceptors (Lipinski definition) is 5. The molecule has 0 spiro atoms. The Labute approximate surface area is 158 Å². The number of anilines is 1. The first kappa shape index (κ1) is 17.5. The van der Waals surface area contributed by atoms with Gasteiger partial charge in [0, 0.05) is 43.1 Å². The van der Waals surface area contributed by atoms with Crippen molar-refractivity contribution in [1.82, 2.24) is 9.88 Å². The Hall–Kier alpha value is -1.95. The SMILES string of the molecule is COc1ccc2nc(N3CCCC(C(=O)N4CCSCC4)C3)ccc2c1. The summed E-state index contributed by atoms with van der Waals surface area (Å²) in [6.45, 7) is 3.54. The van der Waals surface area contributed by atoms with Crippen LogP contribution in [0, 0.1) is 5.92 Å². The fourth-order valence-corrected chi connectivity index (χ4v) is 4.73. The van der Waals surface area contributed by atoms with Crippen LogP contribution in [0.15, 0.2) is 30.3 Å². The summed E-state index contributed by atoms with van der Waals surface area (Å²) in [6.07, 6.45) is 2.03. The molecule has 5 nitrogen and oxygen atoms in total. The van der Waals surface area contributed by atoms with Gasteiger partial charge in [-0.25, -0.2) is 4.98 Å². The molecule has 2 saturated heterocycles. The number of aromatic nitrogens is 1. The second kappa shape index (κ2) is 7.74. The Morgan fingerprint density at radius 3 is 2.85 bits per heavy atom. The normalized spacial score (nSPS) is 21.0. The molecule has 1 aromatic carbocycles. The molecule has 1 aromatic heterocycles. The molecule has 3 heterocycles. The lowest BCUT2D eigenvalue weighted by atomic mass is 9.96. The summed E-state index contributed by atoms with van der Waals surface area (Å²) in [7, 11) is 1.68. The zero-order chi connectivity index (χ0) is 17.9. The van der Waals surface area contributed by atoms with Crippen LogP contribution in [0.5, 0.6) is 5.75 Å². The number of fused-ring (bicyclic) bond motifs is 1. The van der Waals surface area contributed by atoms with E-state index < -0.39 is 0 Å². The zero-order valence-corrected chi connectivity index (χ0v) is 16.0. The van der Waals surface area contributed by atoms with Crippen molar-refractivity contribution in [1.29, 1.82) is 0 Å². The highest BCUT2D eigenvalue weighted by Gasteiger charge is 2.30. The fraction of sp³-hybridized carbons (Fsp3) is 0.500. The van der Waals surface area contributed by atoms with Gasteiger partial charge in [-0.15, -0.1) is 0 Å². The van der Waals surface area contributed by atoms with Gasteiger partial charge in [0.25, 0.3) is 0 Å². The van der Waals surface area contributed by atoms with Crippen LogP contribution in [0.1, 0.15) is 12.8 Å². The van der Waals surface area contributed by atoms with E-state index in [-0.39, 0.29) is 5.92 Å². The van der Waals surface area contributed by atoms with Crippen molar-refractivity contribution in [2.75, 3.05) is 49.7 Å². The lowest BCUT2D eigenvalue weighted by molar-refractivity contribution is -0.135. The molecule has 4 rings (SSSR count). The molecule has 0 aliphatic carbocycles. The molecule has 6 heteroatoms. The average molecular weight is 372 g/mol. The first-order chi connectivity index (χ1) is 12.7. The molecule has 1 amide bonds. The summed E-state index contributed by atoms with van der Waals surface area (Å²) < 4.78 is 5.29. The number of nitrogens with zero attached hydrogens (tertiary/aromatic N) is 3. The Morgan fingerprint density at radius 2 is 2.04 bits per heavy atom. The van der Waals surface area contributed by atoms with E-state index in [2.05, 4.69) is 21.9 Å². The summed E-state index contributed by atoms with van der Waals surface area (Å²) in [5.74, 6) is 4.38. The fourth-order valence-electron chi connectivity index (χ4n) is 3.82. The van der Waals surface area contributed by atoms with Crippen molar-refractivity contribution in [2.45, 2.75) is 12.8 Å². The van der Waals surface area contributed by atoms with Gasteiger partial charge in [0.05, 0.1) is 18.5 Å². The number of rotatable bonds is 3. The van der Waals surface area contributed by atoms with Crippen LogP contribution in [-0.2, 0) is 4.79 Å². The monoisotopic (exact) mass is 371 g/mol. The maximum Gasteiger partial charge on any atom is 0.227 e. The van der Waals surface area contributed by atoms with Crippen molar-refractivity contribution in [3.05, 3.63) is 30.3 Å². The van der Waals surface area contributed by atoms with Crippen LogP contribution in [0.4, 0.5) is 5.82 Å². The maximum atomic E-state index is 12.9. The maximum absolute atomic E-state index is 12.9. The van der Waals surface area contributed by atoms with E-state index in [1.165, 1.54) is 0 Å². The number of hydrogen-bond donors (Lipinski definition) is 0. The van der Waals surface area contributed by atoms with Crippen LogP contribution in [-0.4, -0.2) is 60.6 Å². The summed E-state index contributed by atoms with van der Waals surface area (Å²) >= 11 is 1.94. The van der Waals surface area contributed by atoms with E-state index in [9.17, 15) is 4.79 Å². The minimum atomic E-state index is 0.0974. The van der Waals surface area contributed by atoms with Gasteiger partial charge in [0.2, 0.25) is 5.91 Å². The molecule has 0 saturated carbocycles. The predicted molar refractivity (Wildman–Crippen MR) is 107 cm³/mol. The number of benzene rings is 1. The zero-order valence-electron chi connectivity index (χ0n) is 15.2. The van der Waals surface area contributed by atoms with Crippen LogP contribution >= 0.6 is 11.8 Å². The molecule has 0 N–H and O–H groups in total. The third-order valence-electron chi connectivity index (χ3n) is 5.30. The number of ether oxygens (including phenoxy) is 1. The first-order valence-corrected chi connectivity index (χ1v) is 10.5. The molecule has 2 aliphatic heterocycles. The van der Waals surface area contributed by atoms with Gasteiger partial charge in [-0.05, 0) is 43.2 Å². The Morgan fingerprint density at radius 1 is 1.19 bits per heavy atom. The molecule has 2 aliphatic rings. The van der Waals surface area contributed by atoms with Crippen LogP contribution < -0.4 is 9.64 Å². The molecule has 2 fully saturated rings. The van der Waals surface area contributed by atoms with Crippen LogP contribution in [0.2, 0.25) is 0 Å². The topological polar surface area (TPSA) is 45.7 Å². The molecule has 0 radical (unpaired) electrons. The molecule has 1 unspecified atom stereocenters. The van der Waals surface area contributed by atoms with Crippen molar-refractivity contribution in [2.24, 2.45) is 5.92 Å².